The third kappa shape index (κ3) is 3.84. The van der Waals surface area contributed by atoms with Gasteiger partial charge in [-0.25, -0.2) is 0 Å². The molecule has 0 radical (unpaired) electrons. The number of halogens is 1. The first-order valence-corrected chi connectivity index (χ1v) is 7.29. The number of benzene rings is 2. The Hall–Kier alpha value is -1.27. The highest BCUT2D eigenvalue weighted by Crippen LogP contribution is 2.26. The van der Waals surface area contributed by atoms with Gasteiger partial charge in [0, 0.05) is 0 Å². The summed E-state index contributed by atoms with van der Waals surface area (Å²) < 4.78 is 0. The number of rotatable bonds is 4. The molecule has 2 aromatic carbocycles. The van der Waals surface area contributed by atoms with Crippen molar-refractivity contribution in [2.24, 2.45) is 0 Å². The maximum Gasteiger partial charge on any atom is 0.0625 e. The molecule has 0 nitrogen and oxygen atoms in total. The maximum absolute atomic E-state index is 6.53. The van der Waals surface area contributed by atoms with Crippen LogP contribution >= 0.6 is 11.6 Å². The molecule has 1 unspecified atom stereocenters. The smallest absolute Gasteiger partial charge is 0.0625 e. The van der Waals surface area contributed by atoms with Gasteiger partial charge in [-0.2, -0.15) is 0 Å². The monoisotopic (exact) mass is 272 g/mol. The van der Waals surface area contributed by atoms with Gasteiger partial charge in [-0.15, -0.1) is 11.6 Å². The van der Waals surface area contributed by atoms with Gasteiger partial charge in [-0.05, 0) is 36.0 Å². The van der Waals surface area contributed by atoms with Crippen molar-refractivity contribution in [1.82, 2.24) is 0 Å². The summed E-state index contributed by atoms with van der Waals surface area (Å²) in [6.45, 7) is 6.53. The van der Waals surface area contributed by atoms with E-state index in [1.807, 2.05) is 0 Å². The van der Waals surface area contributed by atoms with Gasteiger partial charge in [0.05, 0.1) is 5.38 Å². The van der Waals surface area contributed by atoms with E-state index >= 15 is 0 Å². The van der Waals surface area contributed by atoms with E-state index in [-0.39, 0.29) is 5.38 Å². The van der Waals surface area contributed by atoms with Crippen LogP contribution in [0.4, 0.5) is 0 Å². The summed E-state index contributed by atoms with van der Waals surface area (Å²) >= 11 is 6.53. The second-order valence-corrected chi connectivity index (χ2v) is 6.01. The van der Waals surface area contributed by atoms with Crippen LogP contribution in [0, 0.1) is 6.92 Å². The third-order valence-electron chi connectivity index (χ3n) is 3.46. The second kappa shape index (κ2) is 6.25. The molecule has 0 saturated heterocycles. The summed E-state index contributed by atoms with van der Waals surface area (Å²) in [6, 6.07) is 17.2. The van der Waals surface area contributed by atoms with Gasteiger partial charge in [-0.1, -0.05) is 67.9 Å². The highest BCUT2D eigenvalue weighted by atomic mass is 35.5. The van der Waals surface area contributed by atoms with Crippen molar-refractivity contribution in [3.63, 3.8) is 0 Å². The average Bonchev–Trinajstić information content (AvgIpc) is 2.39. The van der Waals surface area contributed by atoms with E-state index in [1.54, 1.807) is 0 Å². The first-order chi connectivity index (χ1) is 9.06. The van der Waals surface area contributed by atoms with E-state index in [4.69, 9.17) is 11.6 Å². The normalized spacial score (nSPS) is 12.7. The van der Waals surface area contributed by atoms with E-state index in [0.29, 0.717) is 5.92 Å². The van der Waals surface area contributed by atoms with Crippen molar-refractivity contribution >= 4 is 11.6 Å². The topological polar surface area (TPSA) is 0 Å². The van der Waals surface area contributed by atoms with E-state index in [9.17, 15) is 0 Å². The lowest BCUT2D eigenvalue weighted by molar-refractivity contribution is 0.860. The molecule has 0 aliphatic carbocycles. The van der Waals surface area contributed by atoms with Gasteiger partial charge in [0.2, 0.25) is 0 Å². The average molecular weight is 273 g/mol. The van der Waals surface area contributed by atoms with Gasteiger partial charge in [0.15, 0.2) is 0 Å². The Morgan fingerprint density at radius 1 is 0.947 bits per heavy atom. The Labute approximate surface area is 121 Å². The molecule has 0 aromatic heterocycles. The molecule has 0 heterocycles. The fourth-order valence-electron chi connectivity index (χ4n) is 2.25. The molecule has 0 amide bonds. The lowest BCUT2D eigenvalue weighted by atomic mass is 9.98. The van der Waals surface area contributed by atoms with Crippen molar-refractivity contribution in [1.29, 1.82) is 0 Å². The molecule has 100 valence electrons. The molecule has 2 rings (SSSR count). The minimum absolute atomic E-state index is 0.0445. The molecular weight excluding hydrogens is 252 g/mol. The van der Waals surface area contributed by atoms with Crippen LogP contribution in [0.15, 0.2) is 48.5 Å². The number of hydrogen-bond acceptors (Lipinski definition) is 0. The van der Waals surface area contributed by atoms with Crippen LogP contribution in [0.2, 0.25) is 0 Å². The van der Waals surface area contributed by atoms with Gasteiger partial charge in [0.1, 0.15) is 0 Å². The highest BCUT2D eigenvalue weighted by molar-refractivity contribution is 6.20. The number of alkyl halides is 1. The predicted octanol–water partition coefficient (Wildman–Crippen LogP) is 5.64. The zero-order chi connectivity index (χ0) is 13.8. The van der Waals surface area contributed by atoms with Gasteiger partial charge >= 0.3 is 0 Å². The van der Waals surface area contributed by atoms with Gasteiger partial charge in [0.25, 0.3) is 0 Å². The Kier molecular flexibility index (Phi) is 4.66. The third-order valence-corrected chi connectivity index (χ3v) is 3.87. The van der Waals surface area contributed by atoms with Crippen LogP contribution in [-0.2, 0) is 6.42 Å². The molecule has 0 aliphatic heterocycles. The van der Waals surface area contributed by atoms with Crippen molar-refractivity contribution < 1.29 is 0 Å². The Morgan fingerprint density at radius 2 is 1.58 bits per heavy atom. The SMILES string of the molecule is Cc1cccc(CC(Cl)c2ccc(C(C)C)cc2)c1. The van der Waals surface area contributed by atoms with E-state index in [0.717, 1.165) is 6.42 Å². The molecule has 1 atom stereocenters. The first-order valence-electron chi connectivity index (χ1n) is 6.85. The summed E-state index contributed by atoms with van der Waals surface area (Å²) in [6.07, 6.45) is 0.879. The molecule has 0 saturated carbocycles. The van der Waals surface area contributed by atoms with Gasteiger partial charge < -0.3 is 0 Å². The Morgan fingerprint density at radius 3 is 2.16 bits per heavy atom. The Bertz CT molecular complexity index is 526. The molecule has 0 aliphatic rings. The predicted molar refractivity (Wildman–Crippen MR) is 84.0 cm³/mol. The number of hydrogen-bond donors (Lipinski definition) is 0. The minimum Gasteiger partial charge on any atom is -0.117 e. The summed E-state index contributed by atoms with van der Waals surface area (Å²) in [5, 5.41) is 0.0445. The molecule has 0 spiro atoms. The van der Waals surface area contributed by atoms with Crippen LogP contribution in [0.3, 0.4) is 0 Å². The zero-order valence-electron chi connectivity index (χ0n) is 11.9. The lowest BCUT2D eigenvalue weighted by Gasteiger charge is -2.12. The quantitative estimate of drug-likeness (QED) is 0.632. The zero-order valence-corrected chi connectivity index (χ0v) is 12.6. The molecule has 2 aromatic rings. The fourth-order valence-corrected chi connectivity index (χ4v) is 2.58. The van der Waals surface area contributed by atoms with E-state index in [2.05, 4.69) is 69.3 Å². The van der Waals surface area contributed by atoms with Crippen LogP contribution in [0.5, 0.6) is 0 Å². The van der Waals surface area contributed by atoms with Crippen LogP contribution < -0.4 is 0 Å². The van der Waals surface area contributed by atoms with Crippen LogP contribution in [0.1, 0.15) is 47.4 Å². The summed E-state index contributed by atoms with van der Waals surface area (Å²) in [5.41, 5.74) is 5.15. The van der Waals surface area contributed by atoms with Crippen LogP contribution in [0.25, 0.3) is 0 Å². The van der Waals surface area contributed by atoms with Crippen molar-refractivity contribution in [3.8, 4) is 0 Å². The van der Waals surface area contributed by atoms with Crippen molar-refractivity contribution in [2.45, 2.75) is 38.5 Å². The maximum atomic E-state index is 6.53. The minimum atomic E-state index is 0.0445. The standard InChI is InChI=1S/C18H21Cl/c1-13(2)16-7-9-17(10-8-16)18(19)12-15-6-4-5-14(3)11-15/h4-11,13,18H,12H2,1-3H3. The van der Waals surface area contributed by atoms with Crippen molar-refractivity contribution in [3.05, 3.63) is 70.8 Å². The Balaban J connectivity index is 2.09. The second-order valence-electron chi connectivity index (χ2n) is 5.48. The molecule has 0 N–H and O–H groups in total. The molecular formula is C18H21Cl. The van der Waals surface area contributed by atoms with Crippen molar-refractivity contribution in [2.75, 3.05) is 0 Å². The largest absolute Gasteiger partial charge is 0.117 e. The number of aryl methyl sites for hydroxylation is 1. The fraction of sp³-hybridized carbons (Fsp3) is 0.333. The first kappa shape index (κ1) is 14.1. The molecule has 1 heteroatoms. The molecule has 19 heavy (non-hydrogen) atoms. The van der Waals surface area contributed by atoms with E-state index < -0.39 is 0 Å². The van der Waals surface area contributed by atoms with E-state index in [1.165, 1.54) is 22.3 Å². The molecule has 0 fully saturated rings. The summed E-state index contributed by atoms with van der Waals surface area (Å²) in [5.74, 6) is 0.569. The molecule has 0 bridgehead atoms. The van der Waals surface area contributed by atoms with Crippen LogP contribution in [-0.4, -0.2) is 0 Å². The summed E-state index contributed by atoms with van der Waals surface area (Å²) in [4.78, 5) is 0. The highest BCUT2D eigenvalue weighted by Gasteiger charge is 2.09. The summed E-state index contributed by atoms with van der Waals surface area (Å²) in [7, 11) is 0. The lowest BCUT2D eigenvalue weighted by Crippen LogP contribution is -1.97. The van der Waals surface area contributed by atoms with Gasteiger partial charge in [-0.3, -0.25) is 0 Å².